The number of nitrogen functional groups attached to an aromatic ring is 1. The number of hydrogen-bond acceptors (Lipinski definition) is 3. The highest BCUT2D eigenvalue weighted by molar-refractivity contribution is 5.65. The summed E-state index contributed by atoms with van der Waals surface area (Å²) in [5.41, 5.74) is 6.88. The number of nitrogens with one attached hydrogen (secondary N) is 2. The van der Waals surface area contributed by atoms with Gasteiger partial charge >= 0.3 is 0 Å². The molecule has 0 fully saturated rings. The van der Waals surface area contributed by atoms with Gasteiger partial charge in [0.25, 0.3) is 0 Å². The molecule has 0 bridgehead atoms. The lowest BCUT2D eigenvalue weighted by Gasteiger charge is -2.08. The van der Waals surface area contributed by atoms with Crippen LogP contribution in [0.2, 0.25) is 0 Å². The molecular weight excluding hydrogens is 219 g/mol. The van der Waals surface area contributed by atoms with Crippen molar-refractivity contribution in [3.05, 3.63) is 42.2 Å². The highest BCUT2D eigenvalue weighted by Crippen LogP contribution is 2.18. The number of rotatable bonds is 5. The van der Waals surface area contributed by atoms with Crippen molar-refractivity contribution < 1.29 is 4.39 Å². The predicted molar refractivity (Wildman–Crippen MR) is 66.2 cm³/mol. The molecule has 4 N–H and O–H groups in total. The van der Waals surface area contributed by atoms with Gasteiger partial charge in [-0.2, -0.15) is 0 Å². The molecule has 0 aliphatic heterocycles. The number of H-pyrrole nitrogens is 1. The Morgan fingerprint density at radius 3 is 3.00 bits per heavy atom. The van der Waals surface area contributed by atoms with Gasteiger partial charge in [0.15, 0.2) is 0 Å². The molecule has 0 spiro atoms. The van der Waals surface area contributed by atoms with Crippen molar-refractivity contribution in [3.63, 3.8) is 0 Å². The van der Waals surface area contributed by atoms with E-state index >= 15 is 0 Å². The Hall–Kier alpha value is -2.04. The molecule has 90 valence electrons. The minimum Gasteiger partial charge on any atom is -0.397 e. The number of hydrogen-bond donors (Lipinski definition) is 3. The zero-order chi connectivity index (χ0) is 12.1. The van der Waals surface area contributed by atoms with E-state index in [1.807, 2.05) is 0 Å². The standard InChI is InChI=1S/C12H15FN4/c13-9-3-4-11(10(14)8-9)15-5-1-2-12-16-6-7-17-12/h3-4,6-8,15H,1-2,5,14H2,(H,16,17). The highest BCUT2D eigenvalue weighted by Gasteiger charge is 2.00. The third-order valence-electron chi connectivity index (χ3n) is 2.47. The van der Waals surface area contributed by atoms with Crippen LogP contribution in [0.5, 0.6) is 0 Å². The van der Waals surface area contributed by atoms with Crippen LogP contribution in [0.15, 0.2) is 30.6 Å². The van der Waals surface area contributed by atoms with Gasteiger partial charge in [0.2, 0.25) is 0 Å². The first-order valence-electron chi connectivity index (χ1n) is 5.53. The average molecular weight is 234 g/mol. The van der Waals surface area contributed by atoms with E-state index in [1.54, 1.807) is 18.5 Å². The first kappa shape index (κ1) is 11.4. The lowest BCUT2D eigenvalue weighted by atomic mass is 10.2. The number of aryl methyl sites for hydroxylation is 1. The van der Waals surface area contributed by atoms with Gasteiger partial charge in [-0.25, -0.2) is 9.37 Å². The number of imidazole rings is 1. The first-order valence-corrected chi connectivity index (χ1v) is 5.53. The fourth-order valence-electron chi connectivity index (χ4n) is 1.61. The van der Waals surface area contributed by atoms with Gasteiger partial charge in [-0.3, -0.25) is 0 Å². The zero-order valence-electron chi connectivity index (χ0n) is 9.41. The number of nitrogens with two attached hydrogens (primary N) is 1. The maximum atomic E-state index is 12.8. The molecule has 17 heavy (non-hydrogen) atoms. The van der Waals surface area contributed by atoms with Crippen LogP contribution in [0.3, 0.4) is 0 Å². The Morgan fingerprint density at radius 2 is 2.29 bits per heavy atom. The third-order valence-corrected chi connectivity index (χ3v) is 2.47. The molecule has 1 aromatic heterocycles. The second-order valence-electron chi connectivity index (χ2n) is 3.80. The maximum Gasteiger partial charge on any atom is 0.125 e. The molecule has 2 aromatic rings. The molecule has 5 heteroatoms. The quantitative estimate of drug-likeness (QED) is 0.548. The van der Waals surface area contributed by atoms with Crippen LogP contribution in [-0.4, -0.2) is 16.5 Å². The highest BCUT2D eigenvalue weighted by atomic mass is 19.1. The van der Waals surface area contributed by atoms with Gasteiger partial charge in [-0.1, -0.05) is 0 Å². The average Bonchev–Trinajstić information content (AvgIpc) is 2.79. The SMILES string of the molecule is Nc1cc(F)ccc1NCCCc1ncc[nH]1. The summed E-state index contributed by atoms with van der Waals surface area (Å²) in [5.74, 6) is 0.655. The molecule has 4 nitrogen and oxygen atoms in total. The Balaban J connectivity index is 1.78. The molecule has 1 aromatic carbocycles. The summed E-state index contributed by atoms with van der Waals surface area (Å²) in [5, 5.41) is 3.17. The van der Waals surface area contributed by atoms with E-state index in [1.165, 1.54) is 12.1 Å². The second kappa shape index (κ2) is 5.34. The molecule has 1 heterocycles. The van der Waals surface area contributed by atoms with Crippen molar-refractivity contribution in [2.75, 3.05) is 17.6 Å². The fraction of sp³-hybridized carbons (Fsp3) is 0.250. The molecule has 2 rings (SSSR count). The van der Waals surface area contributed by atoms with Gasteiger partial charge in [-0.05, 0) is 24.6 Å². The van der Waals surface area contributed by atoms with Gasteiger partial charge in [-0.15, -0.1) is 0 Å². The molecule has 0 unspecified atom stereocenters. The van der Waals surface area contributed by atoms with Crippen LogP contribution in [0.1, 0.15) is 12.2 Å². The van der Waals surface area contributed by atoms with E-state index < -0.39 is 0 Å². The lowest BCUT2D eigenvalue weighted by Crippen LogP contribution is -2.06. The van der Waals surface area contributed by atoms with Crippen LogP contribution in [0.4, 0.5) is 15.8 Å². The molecule has 0 aliphatic carbocycles. The number of anilines is 2. The Bertz CT molecular complexity index is 467. The van der Waals surface area contributed by atoms with Crippen molar-refractivity contribution in [2.45, 2.75) is 12.8 Å². The molecule has 0 radical (unpaired) electrons. The van der Waals surface area contributed by atoms with E-state index in [0.717, 1.165) is 30.9 Å². The molecule has 0 amide bonds. The van der Waals surface area contributed by atoms with Gasteiger partial charge in [0.1, 0.15) is 11.6 Å². The smallest absolute Gasteiger partial charge is 0.125 e. The van der Waals surface area contributed by atoms with E-state index in [2.05, 4.69) is 15.3 Å². The van der Waals surface area contributed by atoms with Crippen molar-refractivity contribution in [2.24, 2.45) is 0 Å². The first-order chi connectivity index (χ1) is 8.25. The van der Waals surface area contributed by atoms with Crippen LogP contribution in [-0.2, 0) is 6.42 Å². The van der Waals surface area contributed by atoms with Gasteiger partial charge in [0, 0.05) is 25.4 Å². The largest absolute Gasteiger partial charge is 0.397 e. The minimum atomic E-state index is -0.316. The van der Waals surface area contributed by atoms with Crippen molar-refractivity contribution >= 4 is 11.4 Å². The molecular formula is C12H15FN4. The van der Waals surface area contributed by atoms with Gasteiger partial charge < -0.3 is 16.0 Å². The minimum absolute atomic E-state index is 0.316. The normalized spacial score (nSPS) is 10.4. The lowest BCUT2D eigenvalue weighted by molar-refractivity contribution is 0.628. The zero-order valence-corrected chi connectivity index (χ0v) is 9.41. The van der Waals surface area contributed by atoms with Crippen LogP contribution < -0.4 is 11.1 Å². The summed E-state index contributed by atoms with van der Waals surface area (Å²) >= 11 is 0. The van der Waals surface area contributed by atoms with Gasteiger partial charge in [0.05, 0.1) is 11.4 Å². The Kier molecular flexibility index (Phi) is 3.59. The topological polar surface area (TPSA) is 66.7 Å². The molecule has 0 saturated heterocycles. The van der Waals surface area contributed by atoms with E-state index in [-0.39, 0.29) is 5.82 Å². The summed E-state index contributed by atoms with van der Waals surface area (Å²) in [4.78, 5) is 7.17. The molecule has 0 aliphatic rings. The van der Waals surface area contributed by atoms with Crippen molar-refractivity contribution in [1.29, 1.82) is 0 Å². The molecule has 0 atom stereocenters. The van der Waals surface area contributed by atoms with Crippen LogP contribution in [0.25, 0.3) is 0 Å². The Morgan fingerprint density at radius 1 is 1.41 bits per heavy atom. The number of halogens is 1. The summed E-state index contributed by atoms with van der Waals surface area (Å²) in [6.07, 6.45) is 5.35. The summed E-state index contributed by atoms with van der Waals surface area (Å²) in [6, 6.07) is 4.36. The van der Waals surface area contributed by atoms with E-state index in [4.69, 9.17) is 5.73 Å². The fourth-order valence-corrected chi connectivity index (χ4v) is 1.61. The van der Waals surface area contributed by atoms with E-state index in [9.17, 15) is 4.39 Å². The van der Waals surface area contributed by atoms with Crippen molar-refractivity contribution in [1.82, 2.24) is 9.97 Å². The summed E-state index contributed by atoms with van der Waals surface area (Å²) < 4.78 is 12.8. The van der Waals surface area contributed by atoms with Crippen LogP contribution in [0, 0.1) is 5.82 Å². The predicted octanol–water partition coefficient (Wildman–Crippen LogP) is 2.18. The number of nitrogens with zero attached hydrogens (tertiary/aromatic N) is 1. The third kappa shape index (κ3) is 3.21. The molecule has 0 saturated carbocycles. The number of aromatic amines is 1. The number of benzene rings is 1. The second-order valence-corrected chi connectivity index (χ2v) is 3.80. The maximum absolute atomic E-state index is 12.8. The van der Waals surface area contributed by atoms with E-state index in [0.29, 0.717) is 5.69 Å². The van der Waals surface area contributed by atoms with Crippen LogP contribution >= 0.6 is 0 Å². The Labute approximate surface area is 99.1 Å². The monoisotopic (exact) mass is 234 g/mol. The van der Waals surface area contributed by atoms with Crippen molar-refractivity contribution in [3.8, 4) is 0 Å². The summed E-state index contributed by atoms with van der Waals surface area (Å²) in [6.45, 7) is 0.774. The number of aromatic nitrogens is 2. The summed E-state index contributed by atoms with van der Waals surface area (Å²) in [7, 11) is 0.